The fraction of sp³-hybridized carbons (Fsp3) is 0.231. The Bertz CT molecular complexity index is 549. The van der Waals surface area contributed by atoms with Gasteiger partial charge in [-0.25, -0.2) is 4.99 Å². The number of aliphatic imine (C=N–C) groups is 1. The van der Waals surface area contributed by atoms with Crippen molar-refractivity contribution in [1.29, 1.82) is 0 Å². The maximum Gasteiger partial charge on any atom is 0.178 e. The van der Waals surface area contributed by atoms with Gasteiger partial charge in [0.2, 0.25) is 0 Å². The average Bonchev–Trinajstić information content (AvgIpc) is 2.38. The Balaban J connectivity index is 2.31. The summed E-state index contributed by atoms with van der Waals surface area (Å²) in [5, 5.41) is 8.29. The summed E-state index contributed by atoms with van der Waals surface area (Å²) in [6.45, 7) is 1.97. The van der Waals surface area contributed by atoms with E-state index in [1.807, 2.05) is 44.1 Å². The number of aryl methyl sites for hydroxylation is 1. The number of nitrogens with zero attached hydrogens (tertiary/aromatic N) is 5. The Morgan fingerprint density at radius 1 is 1.28 bits per heavy atom. The van der Waals surface area contributed by atoms with Crippen molar-refractivity contribution in [2.75, 3.05) is 14.1 Å². The van der Waals surface area contributed by atoms with Crippen LogP contribution >= 0.6 is 0 Å². The fourth-order valence-corrected chi connectivity index (χ4v) is 1.43. The second-order valence-electron chi connectivity index (χ2n) is 4.19. The van der Waals surface area contributed by atoms with Crippen LogP contribution in [0.15, 0.2) is 35.6 Å². The summed E-state index contributed by atoms with van der Waals surface area (Å²) in [7, 11) is 3.83. The quantitative estimate of drug-likeness (QED) is 0.609. The lowest BCUT2D eigenvalue weighted by Crippen LogP contribution is -2.07. The van der Waals surface area contributed by atoms with Crippen molar-refractivity contribution in [2.45, 2.75) is 6.92 Å². The molecule has 2 heterocycles. The highest BCUT2D eigenvalue weighted by Gasteiger charge is 2.04. The Morgan fingerprint density at radius 3 is 2.72 bits per heavy atom. The van der Waals surface area contributed by atoms with Crippen LogP contribution in [-0.4, -0.2) is 40.5 Å². The molecule has 0 N–H and O–H groups in total. The Hall–Kier alpha value is -2.30. The molecule has 5 nitrogen and oxygen atoms in total. The molecule has 0 radical (unpaired) electrons. The van der Waals surface area contributed by atoms with Crippen molar-refractivity contribution in [3.05, 3.63) is 36.2 Å². The van der Waals surface area contributed by atoms with Gasteiger partial charge in [-0.15, -0.1) is 10.2 Å². The number of rotatable bonds is 3. The molecule has 2 aromatic heterocycles. The molecule has 0 saturated heterocycles. The van der Waals surface area contributed by atoms with E-state index in [0.717, 1.165) is 16.8 Å². The third-order valence-corrected chi connectivity index (χ3v) is 2.33. The van der Waals surface area contributed by atoms with Crippen molar-refractivity contribution in [1.82, 2.24) is 20.1 Å². The van der Waals surface area contributed by atoms with E-state index in [1.54, 1.807) is 18.7 Å². The summed E-state index contributed by atoms with van der Waals surface area (Å²) in [4.78, 5) is 10.2. The predicted molar refractivity (Wildman–Crippen MR) is 71.8 cm³/mol. The second-order valence-corrected chi connectivity index (χ2v) is 4.19. The zero-order valence-electron chi connectivity index (χ0n) is 10.7. The molecule has 2 aromatic rings. The lowest BCUT2D eigenvalue weighted by atomic mass is 10.1. The van der Waals surface area contributed by atoms with Crippen molar-refractivity contribution in [2.24, 2.45) is 4.99 Å². The van der Waals surface area contributed by atoms with E-state index in [-0.39, 0.29) is 0 Å². The van der Waals surface area contributed by atoms with E-state index >= 15 is 0 Å². The number of hydrogen-bond donors (Lipinski definition) is 0. The molecule has 0 aliphatic carbocycles. The molecule has 0 aliphatic heterocycles. The van der Waals surface area contributed by atoms with E-state index in [0.29, 0.717) is 5.82 Å². The largest absolute Gasteiger partial charge is 0.369 e. The number of aromatic nitrogens is 3. The molecule has 0 aromatic carbocycles. The average molecular weight is 241 g/mol. The zero-order valence-corrected chi connectivity index (χ0v) is 10.7. The first-order valence-corrected chi connectivity index (χ1v) is 5.62. The normalized spacial score (nSPS) is 10.8. The predicted octanol–water partition coefficient (Wildman–Crippen LogP) is 2.07. The molecule has 92 valence electrons. The Labute approximate surface area is 106 Å². The highest BCUT2D eigenvalue weighted by Crippen LogP contribution is 2.20. The highest BCUT2D eigenvalue weighted by molar-refractivity contribution is 5.63. The minimum Gasteiger partial charge on any atom is -0.369 e. The van der Waals surface area contributed by atoms with Gasteiger partial charge in [0.15, 0.2) is 5.82 Å². The summed E-state index contributed by atoms with van der Waals surface area (Å²) in [6, 6.07) is 5.80. The van der Waals surface area contributed by atoms with E-state index < -0.39 is 0 Å². The molecule has 5 heteroatoms. The molecule has 18 heavy (non-hydrogen) atoms. The standard InChI is InChI=1S/C13H15N5/c1-10-7-12(11-5-4-6-14-8-11)16-17-13(10)15-9-18(2)3/h4-9H,1-3H3. The van der Waals surface area contributed by atoms with Gasteiger partial charge in [-0.3, -0.25) is 4.98 Å². The van der Waals surface area contributed by atoms with Crippen LogP contribution in [0, 0.1) is 6.92 Å². The van der Waals surface area contributed by atoms with Crippen LogP contribution in [0.5, 0.6) is 0 Å². The monoisotopic (exact) mass is 241 g/mol. The molecule has 0 spiro atoms. The van der Waals surface area contributed by atoms with Crippen LogP contribution in [0.25, 0.3) is 11.3 Å². The van der Waals surface area contributed by atoms with Gasteiger partial charge in [0.25, 0.3) is 0 Å². The van der Waals surface area contributed by atoms with Crippen LogP contribution in [-0.2, 0) is 0 Å². The van der Waals surface area contributed by atoms with Crippen molar-refractivity contribution < 1.29 is 0 Å². The fourth-order valence-electron chi connectivity index (χ4n) is 1.43. The minimum absolute atomic E-state index is 0.636. The van der Waals surface area contributed by atoms with Gasteiger partial charge in [-0.1, -0.05) is 0 Å². The molecular formula is C13H15N5. The summed E-state index contributed by atoms with van der Waals surface area (Å²) in [5.41, 5.74) is 2.75. The van der Waals surface area contributed by atoms with Gasteiger partial charge in [0, 0.05) is 32.1 Å². The van der Waals surface area contributed by atoms with Gasteiger partial charge in [-0.05, 0) is 30.7 Å². The summed E-state index contributed by atoms with van der Waals surface area (Å²) in [5.74, 6) is 0.636. The van der Waals surface area contributed by atoms with E-state index in [9.17, 15) is 0 Å². The van der Waals surface area contributed by atoms with Crippen LogP contribution in [0.4, 0.5) is 5.82 Å². The van der Waals surface area contributed by atoms with Gasteiger partial charge >= 0.3 is 0 Å². The van der Waals surface area contributed by atoms with Crippen molar-refractivity contribution in [3.63, 3.8) is 0 Å². The van der Waals surface area contributed by atoms with Crippen LogP contribution in [0.2, 0.25) is 0 Å². The van der Waals surface area contributed by atoms with Crippen LogP contribution in [0.1, 0.15) is 5.56 Å². The summed E-state index contributed by atoms with van der Waals surface area (Å²) >= 11 is 0. The SMILES string of the molecule is Cc1cc(-c2cccnc2)nnc1N=CN(C)C. The second kappa shape index (κ2) is 5.35. The molecule has 0 atom stereocenters. The lowest BCUT2D eigenvalue weighted by molar-refractivity contribution is 0.642. The molecule has 0 saturated carbocycles. The molecule has 0 bridgehead atoms. The molecule has 0 unspecified atom stereocenters. The van der Waals surface area contributed by atoms with E-state index in [1.165, 1.54) is 0 Å². The molecule has 0 aliphatic rings. The topological polar surface area (TPSA) is 54.3 Å². The third kappa shape index (κ3) is 2.88. The molecule has 2 rings (SSSR count). The van der Waals surface area contributed by atoms with Crippen molar-refractivity contribution >= 4 is 12.2 Å². The zero-order chi connectivity index (χ0) is 13.0. The number of hydrogen-bond acceptors (Lipinski definition) is 4. The summed E-state index contributed by atoms with van der Waals surface area (Å²) < 4.78 is 0. The van der Waals surface area contributed by atoms with Gasteiger partial charge in [0.05, 0.1) is 12.0 Å². The maximum absolute atomic E-state index is 4.25. The molecular weight excluding hydrogens is 226 g/mol. The lowest BCUT2D eigenvalue weighted by Gasteiger charge is -2.05. The minimum atomic E-state index is 0.636. The Kier molecular flexibility index (Phi) is 3.62. The Morgan fingerprint density at radius 2 is 2.11 bits per heavy atom. The first kappa shape index (κ1) is 12.2. The molecule has 0 fully saturated rings. The van der Waals surface area contributed by atoms with E-state index in [2.05, 4.69) is 20.2 Å². The van der Waals surface area contributed by atoms with Gasteiger partial charge in [0.1, 0.15) is 0 Å². The van der Waals surface area contributed by atoms with Crippen LogP contribution in [0.3, 0.4) is 0 Å². The van der Waals surface area contributed by atoms with E-state index in [4.69, 9.17) is 0 Å². The summed E-state index contributed by atoms with van der Waals surface area (Å²) in [6.07, 6.45) is 5.21. The highest BCUT2D eigenvalue weighted by atomic mass is 15.2. The smallest absolute Gasteiger partial charge is 0.178 e. The first-order valence-electron chi connectivity index (χ1n) is 5.62. The first-order chi connectivity index (χ1) is 8.66. The van der Waals surface area contributed by atoms with Gasteiger partial charge < -0.3 is 4.90 Å². The van der Waals surface area contributed by atoms with Crippen molar-refractivity contribution in [3.8, 4) is 11.3 Å². The third-order valence-electron chi connectivity index (χ3n) is 2.33. The number of pyridine rings is 1. The van der Waals surface area contributed by atoms with Crippen LogP contribution < -0.4 is 0 Å². The maximum atomic E-state index is 4.25. The molecule has 0 amide bonds. The van der Waals surface area contributed by atoms with Gasteiger partial charge in [-0.2, -0.15) is 0 Å².